The van der Waals surface area contributed by atoms with Crippen LogP contribution in [0.25, 0.3) is 0 Å². The van der Waals surface area contributed by atoms with Crippen LogP contribution < -0.4 is 0 Å². The van der Waals surface area contributed by atoms with Gasteiger partial charge in [0.15, 0.2) is 0 Å². The SMILES string of the molecule is O=C(CCC=C(F)F)OCc1ccccc1.O=C(O)CCCC(F)F. The summed E-state index contributed by atoms with van der Waals surface area (Å²) in [6.07, 6.45) is -3.85. The van der Waals surface area contributed by atoms with Crippen molar-refractivity contribution < 1.29 is 37.0 Å². The van der Waals surface area contributed by atoms with E-state index in [2.05, 4.69) is 0 Å². The number of alkyl halides is 2. The molecule has 0 saturated carbocycles. The summed E-state index contributed by atoms with van der Waals surface area (Å²) < 4.78 is 50.8. The number of rotatable bonds is 9. The van der Waals surface area contributed by atoms with Gasteiger partial charge in [0.1, 0.15) is 6.61 Å². The van der Waals surface area contributed by atoms with Gasteiger partial charge < -0.3 is 9.84 Å². The van der Waals surface area contributed by atoms with E-state index in [4.69, 9.17) is 9.84 Å². The molecule has 4 nitrogen and oxygen atoms in total. The van der Waals surface area contributed by atoms with Crippen molar-refractivity contribution in [2.24, 2.45) is 0 Å². The number of halogens is 4. The number of hydrogen-bond acceptors (Lipinski definition) is 3. The molecule has 25 heavy (non-hydrogen) atoms. The average Bonchev–Trinajstić information content (AvgIpc) is 2.53. The lowest BCUT2D eigenvalue weighted by Gasteiger charge is -2.03. The number of benzene rings is 1. The minimum atomic E-state index is -2.37. The Morgan fingerprint density at radius 1 is 1.12 bits per heavy atom. The molecule has 0 fully saturated rings. The summed E-state index contributed by atoms with van der Waals surface area (Å²) >= 11 is 0. The largest absolute Gasteiger partial charge is 0.481 e. The number of carbonyl (C=O) groups is 2. The van der Waals surface area contributed by atoms with Gasteiger partial charge >= 0.3 is 11.9 Å². The minimum absolute atomic E-state index is 0.00988. The predicted octanol–water partition coefficient (Wildman–Crippen LogP) is 4.80. The number of aliphatic carboxylic acids is 1. The van der Waals surface area contributed by atoms with E-state index in [0.717, 1.165) is 5.56 Å². The molecule has 0 radical (unpaired) electrons. The summed E-state index contributed by atoms with van der Waals surface area (Å²) in [6, 6.07) is 9.19. The Balaban J connectivity index is 0.000000547. The fourth-order valence-electron chi connectivity index (χ4n) is 1.52. The van der Waals surface area contributed by atoms with E-state index in [1.807, 2.05) is 30.3 Å². The predicted molar refractivity (Wildman–Crippen MR) is 83.3 cm³/mol. The van der Waals surface area contributed by atoms with Crippen molar-refractivity contribution in [2.75, 3.05) is 0 Å². The molecular formula is C17H20F4O4. The number of hydrogen-bond donors (Lipinski definition) is 1. The van der Waals surface area contributed by atoms with E-state index in [0.29, 0.717) is 6.08 Å². The van der Waals surface area contributed by atoms with E-state index in [-0.39, 0.29) is 38.7 Å². The number of carboxylic acids is 1. The first-order valence-corrected chi connectivity index (χ1v) is 7.52. The zero-order chi connectivity index (χ0) is 19.1. The Labute approximate surface area is 143 Å². The zero-order valence-electron chi connectivity index (χ0n) is 13.5. The Bertz CT molecular complexity index is 529. The molecule has 0 aromatic heterocycles. The fourth-order valence-corrected chi connectivity index (χ4v) is 1.52. The van der Waals surface area contributed by atoms with E-state index >= 15 is 0 Å². The Morgan fingerprint density at radius 2 is 1.76 bits per heavy atom. The van der Waals surface area contributed by atoms with Crippen molar-refractivity contribution in [2.45, 2.75) is 45.1 Å². The third-order valence-corrected chi connectivity index (χ3v) is 2.70. The third-order valence-electron chi connectivity index (χ3n) is 2.70. The summed E-state index contributed by atoms with van der Waals surface area (Å²) in [6.45, 7) is 0.182. The van der Waals surface area contributed by atoms with Crippen molar-refractivity contribution in [3.8, 4) is 0 Å². The maximum absolute atomic E-state index is 11.6. The Morgan fingerprint density at radius 3 is 2.28 bits per heavy atom. The first-order chi connectivity index (χ1) is 11.8. The van der Waals surface area contributed by atoms with Crippen LogP contribution in [0.5, 0.6) is 0 Å². The molecule has 0 atom stereocenters. The maximum atomic E-state index is 11.6. The lowest BCUT2D eigenvalue weighted by atomic mass is 10.2. The van der Waals surface area contributed by atoms with Crippen LogP contribution in [-0.2, 0) is 20.9 Å². The number of esters is 1. The van der Waals surface area contributed by atoms with Gasteiger partial charge in [-0.15, -0.1) is 0 Å². The van der Waals surface area contributed by atoms with E-state index in [1.54, 1.807) is 0 Å². The zero-order valence-corrected chi connectivity index (χ0v) is 13.5. The van der Waals surface area contributed by atoms with Crippen molar-refractivity contribution in [1.29, 1.82) is 0 Å². The molecule has 8 heteroatoms. The molecule has 0 aliphatic rings. The molecule has 140 valence electrons. The normalized spacial score (nSPS) is 9.80. The summed E-state index contributed by atoms with van der Waals surface area (Å²) in [4.78, 5) is 20.8. The Kier molecular flexibility index (Phi) is 12.7. The van der Waals surface area contributed by atoms with Crippen molar-refractivity contribution in [3.63, 3.8) is 0 Å². The summed E-state index contributed by atoms with van der Waals surface area (Å²) in [7, 11) is 0. The monoisotopic (exact) mass is 364 g/mol. The third kappa shape index (κ3) is 16.3. The minimum Gasteiger partial charge on any atom is -0.481 e. The van der Waals surface area contributed by atoms with Crippen LogP contribution in [0.3, 0.4) is 0 Å². The van der Waals surface area contributed by atoms with Gasteiger partial charge in [0.2, 0.25) is 6.43 Å². The van der Waals surface area contributed by atoms with Gasteiger partial charge in [-0.2, -0.15) is 8.78 Å². The molecule has 0 amide bonds. The first-order valence-electron chi connectivity index (χ1n) is 7.52. The standard InChI is InChI=1S/C12H12F2O2.C5H8F2O2/c13-11(14)7-4-8-12(15)16-9-10-5-2-1-3-6-10;6-4(7)2-1-3-5(8)9/h1-3,5-7H,4,8-9H2;4H,1-3H2,(H,8,9). The molecule has 0 spiro atoms. The van der Waals surface area contributed by atoms with Crippen LogP contribution in [0.2, 0.25) is 0 Å². The topological polar surface area (TPSA) is 63.6 Å². The van der Waals surface area contributed by atoms with Crippen molar-refractivity contribution >= 4 is 11.9 Å². The molecule has 0 bridgehead atoms. The number of carbonyl (C=O) groups excluding carboxylic acids is 1. The highest BCUT2D eigenvalue weighted by molar-refractivity contribution is 5.69. The molecule has 1 aromatic carbocycles. The molecule has 0 saturated heterocycles. The fraction of sp³-hybridized carbons (Fsp3) is 0.412. The van der Waals surface area contributed by atoms with Crippen LogP contribution in [-0.4, -0.2) is 23.5 Å². The van der Waals surface area contributed by atoms with E-state index in [1.165, 1.54) is 0 Å². The second-order valence-corrected chi connectivity index (χ2v) is 4.86. The quantitative estimate of drug-likeness (QED) is 0.505. The highest BCUT2D eigenvalue weighted by Crippen LogP contribution is 2.05. The smallest absolute Gasteiger partial charge is 0.306 e. The van der Waals surface area contributed by atoms with E-state index < -0.39 is 24.4 Å². The van der Waals surface area contributed by atoms with Gasteiger partial charge in [-0.05, 0) is 24.5 Å². The summed E-state index contributed by atoms with van der Waals surface area (Å²) in [5.41, 5.74) is 0.878. The molecule has 0 unspecified atom stereocenters. The maximum Gasteiger partial charge on any atom is 0.306 e. The molecule has 1 rings (SSSR count). The van der Waals surface area contributed by atoms with Crippen LogP contribution >= 0.6 is 0 Å². The van der Waals surface area contributed by atoms with Gasteiger partial charge in [-0.25, -0.2) is 8.78 Å². The van der Waals surface area contributed by atoms with Crippen LogP contribution in [0, 0.1) is 0 Å². The average molecular weight is 364 g/mol. The van der Waals surface area contributed by atoms with Crippen LogP contribution in [0.1, 0.15) is 37.7 Å². The van der Waals surface area contributed by atoms with Gasteiger partial charge in [0.05, 0.1) is 0 Å². The van der Waals surface area contributed by atoms with Gasteiger partial charge in [-0.3, -0.25) is 9.59 Å². The Hall–Kier alpha value is -2.38. The molecule has 0 aliphatic carbocycles. The number of carboxylic acid groups (broad SMARTS) is 1. The van der Waals surface area contributed by atoms with Gasteiger partial charge in [0.25, 0.3) is 6.08 Å². The van der Waals surface area contributed by atoms with E-state index in [9.17, 15) is 27.2 Å². The molecule has 0 aliphatic heterocycles. The van der Waals surface area contributed by atoms with Crippen molar-refractivity contribution in [1.82, 2.24) is 0 Å². The summed E-state index contributed by atoms with van der Waals surface area (Å²) in [5, 5.41) is 7.98. The highest BCUT2D eigenvalue weighted by Gasteiger charge is 2.03. The lowest BCUT2D eigenvalue weighted by molar-refractivity contribution is -0.145. The second kappa shape index (κ2) is 14.0. The second-order valence-electron chi connectivity index (χ2n) is 4.86. The lowest BCUT2D eigenvalue weighted by Crippen LogP contribution is -2.03. The van der Waals surface area contributed by atoms with Crippen molar-refractivity contribution in [3.05, 3.63) is 48.1 Å². The highest BCUT2D eigenvalue weighted by atomic mass is 19.3. The first kappa shape index (κ1) is 22.6. The van der Waals surface area contributed by atoms with Gasteiger partial charge in [0, 0.05) is 19.3 Å². The van der Waals surface area contributed by atoms with Gasteiger partial charge in [-0.1, -0.05) is 30.3 Å². The number of allylic oxidation sites excluding steroid dienone is 1. The summed E-state index contributed by atoms with van der Waals surface area (Å²) in [5.74, 6) is -1.49. The number of ether oxygens (including phenoxy) is 1. The van der Waals surface area contributed by atoms with Crippen LogP contribution in [0.4, 0.5) is 17.6 Å². The molecule has 0 heterocycles. The van der Waals surface area contributed by atoms with Crippen LogP contribution in [0.15, 0.2) is 42.5 Å². The molecule has 1 N–H and O–H groups in total. The molecular weight excluding hydrogens is 344 g/mol. The molecule has 1 aromatic rings.